The first-order valence-electron chi connectivity index (χ1n) is 9.14. The standard InChI is InChI=1S/C19H26N4O3S/c1-13(2)22(4)27(25,26)17-9-7-16(8-10-17)19(24)21-18-11-12-20-23(18)14(3)15-5-6-15/h7-15H,5-6H2,1-4H3,(H,21,24). The molecular weight excluding hydrogens is 364 g/mol. The Morgan fingerprint density at radius 3 is 2.37 bits per heavy atom. The Morgan fingerprint density at radius 2 is 1.81 bits per heavy atom. The first kappa shape index (κ1) is 19.6. The molecule has 0 bridgehead atoms. The van der Waals surface area contributed by atoms with Crippen LogP contribution in [0.25, 0.3) is 0 Å². The Balaban J connectivity index is 1.74. The van der Waals surface area contributed by atoms with E-state index in [2.05, 4.69) is 17.3 Å². The average molecular weight is 391 g/mol. The number of nitrogens with zero attached hydrogens (tertiary/aromatic N) is 3. The van der Waals surface area contributed by atoms with Crippen LogP contribution in [0.2, 0.25) is 0 Å². The Hall–Kier alpha value is -2.19. The summed E-state index contributed by atoms with van der Waals surface area (Å²) >= 11 is 0. The Labute approximate surface area is 160 Å². The van der Waals surface area contributed by atoms with Crippen LogP contribution in [0.15, 0.2) is 41.4 Å². The van der Waals surface area contributed by atoms with Gasteiger partial charge < -0.3 is 5.32 Å². The molecule has 1 aromatic carbocycles. The fourth-order valence-corrected chi connectivity index (χ4v) is 4.29. The van der Waals surface area contributed by atoms with Crippen molar-refractivity contribution in [3.63, 3.8) is 0 Å². The summed E-state index contributed by atoms with van der Waals surface area (Å²) in [5.74, 6) is 0.972. The number of nitrogens with one attached hydrogen (secondary N) is 1. The maximum absolute atomic E-state index is 12.6. The Bertz CT molecular complexity index is 915. The van der Waals surface area contributed by atoms with Crippen molar-refractivity contribution in [3.05, 3.63) is 42.1 Å². The van der Waals surface area contributed by atoms with E-state index in [9.17, 15) is 13.2 Å². The number of carbonyl (C=O) groups is 1. The molecule has 27 heavy (non-hydrogen) atoms. The van der Waals surface area contributed by atoms with Gasteiger partial charge in [0.1, 0.15) is 5.82 Å². The van der Waals surface area contributed by atoms with E-state index in [-0.39, 0.29) is 22.9 Å². The minimum atomic E-state index is -3.56. The van der Waals surface area contributed by atoms with Crippen LogP contribution in [-0.2, 0) is 10.0 Å². The van der Waals surface area contributed by atoms with Crippen LogP contribution in [-0.4, -0.2) is 41.5 Å². The maximum Gasteiger partial charge on any atom is 0.256 e. The second-order valence-corrected chi connectivity index (χ2v) is 9.33. The first-order valence-corrected chi connectivity index (χ1v) is 10.6. The molecule has 0 aliphatic heterocycles. The molecule has 1 atom stereocenters. The first-order chi connectivity index (χ1) is 12.7. The normalized spacial score (nSPS) is 15.9. The molecule has 0 saturated heterocycles. The number of hydrogen-bond acceptors (Lipinski definition) is 4. The average Bonchev–Trinajstić information content (AvgIpc) is 3.40. The van der Waals surface area contributed by atoms with Crippen LogP contribution < -0.4 is 5.32 Å². The molecule has 3 rings (SSSR count). The van der Waals surface area contributed by atoms with Gasteiger partial charge in [0.05, 0.1) is 17.1 Å². The SMILES string of the molecule is CC(C)N(C)S(=O)(=O)c1ccc(C(=O)Nc2ccnn2C(C)C2CC2)cc1. The van der Waals surface area contributed by atoms with Gasteiger partial charge in [-0.2, -0.15) is 9.40 Å². The van der Waals surface area contributed by atoms with Gasteiger partial charge in [0, 0.05) is 24.7 Å². The number of anilines is 1. The molecule has 1 aliphatic rings. The predicted octanol–water partition coefficient (Wildman–Crippen LogP) is 3.14. The molecule has 1 heterocycles. The molecule has 0 spiro atoms. The Morgan fingerprint density at radius 1 is 1.19 bits per heavy atom. The zero-order valence-corrected chi connectivity index (χ0v) is 16.9. The molecule has 1 amide bonds. The van der Waals surface area contributed by atoms with Crippen LogP contribution in [0.5, 0.6) is 0 Å². The van der Waals surface area contributed by atoms with Gasteiger partial charge in [-0.1, -0.05) is 0 Å². The number of sulfonamides is 1. The molecule has 8 heteroatoms. The topological polar surface area (TPSA) is 84.3 Å². The quantitative estimate of drug-likeness (QED) is 0.787. The van der Waals surface area contributed by atoms with Crippen molar-refractivity contribution < 1.29 is 13.2 Å². The van der Waals surface area contributed by atoms with Crippen LogP contribution in [0.3, 0.4) is 0 Å². The van der Waals surface area contributed by atoms with Gasteiger partial charge in [-0.3, -0.25) is 4.79 Å². The number of benzene rings is 1. The molecule has 1 fully saturated rings. The third kappa shape index (κ3) is 4.06. The van der Waals surface area contributed by atoms with Crippen molar-refractivity contribution in [1.82, 2.24) is 14.1 Å². The lowest BCUT2D eigenvalue weighted by Gasteiger charge is -2.21. The highest BCUT2D eigenvalue weighted by atomic mass is 32.2. The van der Waals surface area contributed by atoms with Gasteiger partial charge in [0.2, 0.25) is 10.0 Å². The minimum Gasteiger partial charge on any atom is -0.307 e. The van der Waals surface area contributed by atoms with Gasteiger partial charge in [0.25, 0.3) is 5.91 Å². The van der Waals surface area contributed by atoms with Crippen LogP contribution in [0.4, 0.5) is 5.82 Å². The number of aromatic nitrogens is 2. The summed E-state index contributed by atoms with van der Waals surface area (Å²) < 4.78 is 28.2. The highest BCUT2D eigenvalue weighted by Gasteiger charge is 2.31. The number of hydrogen-bond donors (Lipinski definition) is 1. The van der Waals surface area contributed by atoms with Gasteiger partial charge >= 0.3 is 0 Å². The zero-order valence-electron chi connectivity index (χ0n) is 16.1. The molecule has 1 saturated carbocycles. The molecule has 1 N–H and O–H groups in total. The Kier molecular flexibility index (Phi) is 5.39. The van der Waals surface area contributed by atoms with Crippen molar-refractivity contribution in [2.45, 2.75) is 50.6 Å². The summed E-state index contributed by atoms with van der Waals surface area (Å²) in [6, 6.07) is 7.86. The fourth-order valence-electron chi connectivity index (χ4n) is 2.93. The van der Waals surface area contributed by atoms with Gasteiger partial charge in [0.15, 0.2) is 0 Å². The molecule has 7 nitrogen and oxygen atoms in total. The van der Waals surface area contributed by atoms with E-state index in [4.69, 9.17) is 0 Å². The van der Waals surface area contributed by atoms with Gasteiger partial charge in [-0.05, 0) is 63.8 Å². The van der Waals surface area contributed by atoms with Gasteiger partial charge in [-0.25, -0.2) is 13.1 Å². The van der Waals surface area contributed by atoms with E-state index in [1.165, 1.54) is 41.4 Å². The zero-order chi connectivity index (χ0) is 19.8. The summed E-state index contributed by atoms with van der Waals surface area (Å²) in [5, 5.41) is 7.19. The monoisotopic (exact) mass is 390 g/mol. The van der Waals surface area contributed by atoms with Crippen LogP contribution in [0, 0.1) is 5.92 Å². The van der Waals surface area contributed by atoms with Crippen molar-refractivity contribution >= 4 is 21.7 Å². The third-order valence-electron chi connectivity index (χ3n) is 5.12. The molecule has 0 radical (unpaired) electrons. The highest BCUT2D eigenvalue weighted by Crippen LogP contribution is 2.40. The molecular formula is C19H26N4O3S. The third-order valence-corrected chi connectivity index (χ3v) is 7.17. The van der Waals surface area contributed by atoms with E-state index < -0.39 is 10.0 Å². The van der Waals surface area contributed by atoms with Crippen LogP contribution >= 0.6 is 0 Å². The molecule has 1 aliphatic carbocycles. The number of amides is 1. The van der Waals surface area contributed by atoms with Crippen molar-refractivity contribution in [2.24, 2.45) is 5.92 Å². The number of carbonyl (C=O) groups excluding carboxylic acids is 1. The van der Waals surface area contributed by atoms with E-state index in [0.29, 0.717) is 17.3 Å². The summed E-state index contributed by atoms with van der Waals surface area (Å²) in [7, 11) is -2.02. The summed E-state index contributed by atoms with van der Waals surface area (Å²) in [6.07, 6.45) is 4.05. The molecule has 1 unspecified atom stereocenters. The van der Waals surface area contributed by atoms with Crippen LogP contribution in [0.1, 0.15) is 50.0 Å². The predicted molar refractivity (Wildman–Crippen MR) is 104 cm³/mol. The molecule has 1 aromatic heterocycles. The fraction of sp³-hybridized carbons (Fsp3) is 0.474. The lowest BCUT2D eigenvalue weighted by molar-refractivity contribution is 0.102. The lowest BCUT2D eigenvalue weighted by Crippen LogP contribution is -2.33. The maximum atomic E-state index is 12.6. The molecule has 146 valence electrons. The highest BCUT2D eigenvalue weighted by molar-refractivity contribution is 7.89. The largest absolute Gasteiger partial charge is 0.307 e. The summed E-state index contributed by atoms with van der Waals surface area (Å²) in [5.41, 5.74) is 0.396. The van der Waals surface area contributed by atoms with Crippen molar-refractivity contribution in [3.8, 4) is 0 Å². The smallest absolute Gasteiger partial charge is 0.256 e. The van der Waals surface area contributed by atoms with Gasteiger partial charge in [-0.15, -0.1) is 0 Å². The van der Waals surface area contributed by atoms with Crippen molar-refractivity contribution in [1.29, 1.82) is 0 Å². The van der Waals surface area contributed by atoms with E-state index in [1.54, 1.807) is 19.3 Å². The lowest BCUT2D eigenvalue weighted by atomic mass is 10.2. The van der Waals surface area contributed by atoms with E-state index in [0.717, 1.165) is 0 Å². The summed E-state index contributed by atoms with van der Waals surface area (Å²) in [6.45, 7) is 5.72. The second kappa shape index (κ2) is 7.44. The van der Waals surface area contributed by atoms with E-state index >= 15 is 0 Å². The number of rotatable bonds is 7. The molecule has 2 aromatic rings. The van der Waals surface area contributed by atoms with Crippen molar-refractivity contribution in [2.75, 3.05) is 12.4 Å². The second-order valence-electron chi connectivity index (χ2n) is 7.33. The summed E-state index contributed by atoms with van der Waals surface area (Å²) in [4.78, 5) is 12.7. The van der Waals surface area contributed by atoms with E-state index in [1.807, 2.05) is 18.5 Å². The minimum absolute atomic E-state index is 0.147.